The van der Waals surface area contributed by atoms with Crippen molar-refractivity contribution in [3.63, 3.8) is 0 Å². The summed E-state index contributed by atoms with van der Waals surface area (Å²) in [6, 6.07) is 6.72. The van der Waals surface area contributed by atoms with Crippen LogP contribution in [-0.2, 0) is 31.4 Å². The van der Waals surface area contributed by atoms with Gasteiger partial charge in [0.25, 0.3) is 5.91 Å². The number of nitrogens with one attached hydrogen (secondary N) is 1. The number of aryl methyl sites for hydroxylation is 1. The Balaban J connectivity index is 1.39. The van der Waals surface area contributed by atoms with Gasteiger partial charge in [-0.05, 0) is 49.7 Å². The smallest absolute Gasteiger partial charge is 0.325 e. The van der Waals surface area contributed by atoms with Crippen LogP contribution in [0.5, 0.6) is 0 Å². The third-order valence-corrected chi connectivity index (χ3v) is 8.52. The Labute approximate surface area is 175 Å². The number of carbonyl (C=O) groups is 3. The molecule has 2 heterocycles. The molecule has 2 aliphatic heterocycles. The number of nitrogens with zero attached hydrogens (tertiary/aromatic N) is 2. The summed E-state index contributed by atoms with van der Waals surface area (Å²) in [6.45, 7) is -0.346. The van der Waals surface area contributed by atoms with Gasteiger partial charge in [0.05, 0.1) is 11.5 Å². The maximum atomic E-state index is 13.4. The minimum Gasteiger partial charge on any atom is -0.334 e. The minimum atomic E-state index is -3.14. The summed E-state index contributed by atoms with van der Waals surface area (Å²) >= 11 is 0. The first kappa shape index (κ1) is 19.5. The highest BCUT2D eigenvalue weighted by molar-refractivity contribution is 7.91. The topological polar surface area (TPSA) is 104 Å². The van der Waals surface area contributed by atoms with Crippen LogP contribution in [0.1, 0.15) is 43.2 Å². The fourth-order valence-corrected chi connectivity index (χ4v) is 6.94. The monoisotopic (exact) mass is 431 g/mol. The van der Waals surface area contributed by atoms with Crippen LogP contribution in [0.4, 0.5) is 4.79 Å². The summed E-state index contributed by atoms with van der Waals surface area (Å²) in [6.07, 6.45) is 4.22. The normalized spacial score (nSPS) is 29.7. The van der Waals surface area contributed by atoms with Crippen molar-refractivity contribution in [1.29, 1.82) is 0 Å². The quantitative estimate of drug-likeness (QED) is 0.715. The van der Waals surface area contributed by atoms with Crippen LogP contribution in [0, 0.1) is 0 Å². The van der Waals surface area contributed by atoms with Gasteiger partial charge < -0.3 is 10.2 Å². The molecule has 2 unspecified atom stereocenters. The average Bonchev–Trinajstić information content (AvgIpc) is 3.43. The number of fused-ring (bicyclic) bond motifs is 2. The fraction of sp³-hybridized carbons (Fsp3) is 0.571. The Morgan fingerprint density at radius 2 is 1.93 bits per heavy atom. The molecule has 1 aromatic carbocycles. The van der Waals surface area contributed by atoms with Gasteiger partial charge in [-0.3, -0.25) is 14.5 Å². The van der Waals surface area contributed by atoms with Gasteiger partial charge >= 0.3 is 6.03 Å². The first-order valence-electron chi connectivity index (χ1n) is 10.5. The van der Waals surface area contributed by atoms with Crippen molar-refractivity contribution in [3.05, 3.63) is 35.4 Å². The first-order valence-corrected chi connectivity index (χ1v) is 12.4. The minimum absolute atomic E-state index is 0.0148. The van der Waals surface area contributed by atoms with Crippen LogP contribution < -0.4 is 5.32 Å². The molecule has 2 saturated heterocycles. The Hall–Kier alpha value is -2.42. The van der Waals surface area contributed by atoms with Gasteiger partial charge in [-0.1, -0.05) is 24.3 Å². The van der Waals surface area contributed by atoms with E-state index >= 15 is 0 Å². The molecule has 2 aliphatic carbocycles. The SMILES string of the molecule is O=C1NC2(CCCc3ccccc32)C(=O)N1CC(=O)N(C1CC1)C1CCS(=O)(=O)C1. The number of amides is 4. The Morgan fingerprint density at radius 1 is 1.17 bits per heavy atom. The molecule has 0 aromatic heterocycles. The molecule has 3 fully saturated rings. The van der Waals surface area contributed by atoms with E-state index in [2.05, 4.69) is 5.32 Å². The van der Waals surface area contributed by atoms with E-state index in [0.717, 1.165) is 41.7 Å². The van der Waals surface area contributed by atoms with Gasteiger partial charge in [-0.2, -0.15) is 0 Å². The zero-order valence-corrected chi connectivity index (χ0v) is 17.5. The Morgan fingerprint density at radius 3 is 2.63 bits per heavy atom. The van der Waals surface area contributed by atoms with Crippen LogP contribution in [-0.4, -0.2) is 66.2 Å². The number of urea groups is 1. The van der Waals surface area contributed by atoms with Crippen molar-refractivity contribution in [2.75, 3.05) is 18.1 Å². The molecule has 160 valence electrons. The average molecular weight is 432 g/mol. The van der Waals surface area contributed by atoms with Gasteiger partial charge in [0, 0.05) is 12.1 Å². The number of hydrogen-bond donors (Lipinski definition) is 1. The maximum Gasteiger partial charge on any atom is 0.325 e. The van der Waals surface area contributed by atoms with Crippen molar-refractivity contribution in [1.82, 2.24) is 15.1 Å². The van der Waals surface area contributed by atoms with E-state index in [1.54, 1.807) is 4.90 Å². The predicted molar refractivity (Wildman–Crippen MR) is 108 cm³/mol. The van der Waals surface area contributed by atoms with Crippen LogP contribution in [0.2, 0.25) is 0 Å². The molecule has 1 saturated carbocycles. The molecule has 1 N–H and O–H groups in total. The molecular formula is C21H25N3O5S. The lowest BCUT2D eigenvalue weighted by Crippen LogP contribution is -2.50. The highest BCUT2D eigenvalue weighted by Gasteiger charge is 2.55. The van der Waals surface area contributed by atoms with Crippen LogP contribution in [0.3, 0.4) is 0 Å². The standard InChI is InChI=1S/C21H25N3O5S/c25-18(24(15-7-8-15)16-9-11-30(28,29)13-16)12-23-19(26)21(22-20(23)27)10-3-5-14-4-1-2-6-17(14)21/h1-2,4,6,15-16H,3,5,7-13H2,(H,22,27). The van der Waals surface area contributed by atoms with Gasteiger partial charge in [0.15, 0.2) is 9.84 Å². The Kier molecular flexibility index (Phi) is 4.43. The summed E-state index contributed by atoms with van der Waals surface area (Å²) < 4.78 is 23.8. The van der Waals surface area contributed by atoms with E-state index in [-0.39, 0.29) is 41.9 Å². The molecule has 1 spiro atoms. The molecule has 4 aliphatic rings. The molecule has 9 heteroatoms. The molecule has 0 radical (unpaired) electrons. The molecule has 8 nitrogen and oxygen atoms in total. The van der Waals surface area contributed by atoms with E-state index < -0.39 is 21.4 Å². The largest absolute Gasteiger partial charge is 0.334 e. The second-order valence-electron chi connectivity index (χ2n) is 8.83. The van der Waals surface area contributed by atoms with Gasteiger partial charge in [-0.25, -0.2) is 13.2 Å². The van der Waals surface area contributed by atoms with Crippen molar-refractivity contribution >= 4 is 27.7 Å². The molecule has 5 rings (SSSR count). The van der Waals surface area contributed by atoms with Crippen molar-refractivity contribution in [3.8, 4) is 0 Å². The summed E-state index contributed by atoms with van der Waals surface area (Å²) in [4.78, 5) is 42.0. The maximum absolute atomic E-state index is 13.4. The summed E-state index contributed by atoms with van der Waals surface area (Å²) in [5.41, 5.74) is 0.750. The number of sulfone groups is 1. The van der Waals surface area contributed by atoms with Crippen LogP contribution >= 0.6 is 0 Å². The highest BCUT2D eigenvalue weighted by atomic mass is 32.2. The second-order valence-corrected chi connectivity index (χ2v) is 11.1. The number of hydrogen-bond acceptors (Lipinski definition) is 5. The number of rotatable bonds is 4. The molecular weight excluding hydrogens is 406 g/mol. The zero-order valence-electron chi connectivity index (χ0n) is 16.7. The van der Waals surface area contributed by atoms with Gasteiger partial charge in [-0.15, -0.1) is 0 Å². The van der Waals surface area contributed by atoms with E-state index in [0.29, 0.717) is 12.8 Å². The highest BCUT2D eigenvalue weighted by Crippen LogP contribution is 2.40. The van der Waals surface area contributed by atoms with Crippen LogP contribution in [0.25, 0.3) is 0 Å². The summed E-state index contributed by atoms with van der Waals surface area (Å²) in [5.74, 6) is -0.684. The second kappa shape index (κ2) is 6.80. The number of carbonyl (C=O) groups excluding carboxylic acids is 3. The molecule has 4 amide bonds. The molecule has 30 heavy (non-hydrogen) atoms. The lowest BCUT2D eigenvalue weighted by atomic mass is 9.76. The number of benzene rings is 1. The zero-order chi connectivity index (χ0) is 21.1. The van der Waals surface area contributed by atoms with E-state index in [1.165, 1.54) is 0 Å². The van der Waals surface area contributed by atoms with Crippen LogP contribution in [0.15, 0.2) is 24.3 Å². The summed E-state index contributed by atoms with van der Waals surface area (Å²) in [5, 5.41) is 2.87. The lowest BCUT2D eigenvalue weighted by Gasteiger charge is -2.33. The van der Waals surface area contributed by atoms with Crippen molar-refractivity contribution in [2.24, 2.45) is 0 Å². The van der Waals surface area contributed by atoms with Gasteiger partial charge in [0.1, 0.15) is 12.1 Å². The van der Waals surface area contributed by atoms with E-state index in [1.807, 2.05) is 24.3 Å². The third-order valence-electron chi connectivity index (χ3n) is 6.77. The van der Waals surface area contributed by atoms with Crippen molar-refractivity contribution in [2.45, 2.75) is 56.1 Å². The lowest BCUT2D eigenvalue weighted by molar-refractivity contribution is -0.140. The van der Waals surface area contributed by atoms with Gasteiger partial charge in [0.2, 0.25) is 5.91 Å². The Bertz CT molecular complexity index is 1030. The first-order chi connectivity index (χ1) is 14.3. The van der Waals surface area contributed by atoms with Crippen molar-refractivity contribution < 1.29 is 22.8 Å². The van der Waals surface area contributed by atoms with E-state index in [9.17, 15) is 22.8 Å². The number of imide groups is 1. The molecule has 2 atom stereocenters. The molecule has 1 aromatic rings. The van der Waals surface area contributed by atoms with E-state index in [4.69, 9.17) is 0 Å². The fourth-order valence-electron chi connectivity index (χ4n) is 5.22. The predicted octanol–water partition coefficient (Wildman–Crippen LogP) is 0.948. The third kappa shape index (κ3) is 3.10. The summed E-state index contributed by atoms with van der Waals surface area (Å²) in [7, 11) is -3.14. The molecule has 0 bridgehead atoms.